The number of rotatable bonds is 6. The van der Waals surface area contributed by atoms with Crippen molar-refractivity contribution in [2.24, 2.45) is 0 Å². The molecule has 1 heterocycles. The normalized spacial score (nSPS) is 10.5. The Labute approximate surface area is 152 Å². The monoisotopic (exact) mass is 403 g/mol. The quantitative estimate of drug-likeness (QED) is 0.679. The number of anilines is 1. The molecule has 1 amide bonds. The summed E-state index contributed by atoms with van der Waals surface area (Å²) in [5.74, 6) is 0.268. The summed E-state index contributed by atoms with van der Waals surface area (Å²) in [6, 6.07) is 15.6. The van der Waals surface area contributed by atoms with Gasteiger partial charge in [0, 0.05) is 6.07 Å². The molecule has 0 atom stereocenters. The van der Waals surface area contributed by atoms with Crippen LogP contribution >= 0.6 is 15.9 Å². The Bertz CT molecular complexity index is 868. The Hall–Kier alpha value is -2.67. The van der Waals surface area contributed by atoms with Crippen molar-refractivity contribution < 1.29 is 13.9 Å². The summed E-state index contributed by atoms with van der Waals surface area (Å²) in [5, 5.41) is 6.98. The molecular weight excluding hydrogens is 389 g/mol. The molecule has 25 heavy (non-hydrogen) atoms. The van der Waals surface area contributed by atoms with Gasteiger partial charge in [-0.2, -0.15) is 5.10 Å². The van der Waals surface area contributed by atoms with Crippen LogP contribution in [0.2, 0.25) is 0 Å². The number of amides is 1. The first kappa shape index (κ1) is 17.2. The van der Waals surface area contributed by atoms with Crippen LogP contribution in [0.25, 0.3) is 0 Å². The average Bonchev–Trinajstić information content (AvgIpc) is 3.02. The molecule has 0 bridgehead atoms. The molecule has 128 valence electrons. The molecule has 0 fully saturated rings. The Morgan fingerprint density at radius 3 is 2.76 bits per heavy atom. The Morgan fingerprint density at radius 1 is 1.20 bits per heavy atom. The molecule has 0 aliphatic carbocycles. The van der Waals surface area contributed by atoms with Crippen LogP contribution in [0, 0.1) is 5.82 Å². The minimum absolute atomic E-state index is 0.194. The number of benzene rings is 2. The first-order valence-electron chi connectivity index (χ1n) is 7.55. The highest BCUT2D eigenvalue weighted by atomic mass is 79.9. The van der Waals surface area contributed by atoms with Gasteiger partial charge in [0.25, 0.3) is 5.91 Å². The summed E-state index contributed by atoms with van der Waals surface area (Å²) < 4.78 is 20.6. The second kappa shape index (κ2) is 7.94. The zero-order valence-electron chi connectivity index (χ0n) is 13.2. The van der Waals surface area contributed by atoms with Gasteiger partial charge in [0.05, 0.1) is 17.2 Å². The highest BCUT2D eigenvalue weighted by molar-refractivity contribution is 9.10. The number of ether oxygens (including phenoxy) is 1. The Kier molecular flexibility index (Phi) is 5.45. The zero-order valence-corrected chi connectivity index (χ0v) is 14.7. The van der Waals surface area contributed by atoms with E-state index in [9.17, 15) is 9.18 Å². The third kappa shape index (κ3) is 4.67. The SMILES string of the molecule is O=C(COc1ccc(F)cc1Br)Nc1ccnn1Cc1ccccc1. The summed E-state index contributed by atoms with van der Waals surface area (Å²) in [5.41, 5.74) is 1.08. The van der Waals surface area contributed by atoms with Crippen molar-refractivity contribution in [3.8, 4) is 5.75 Å². The Balaban J connectivity index is 1.59. The van der Waals surface area contributed by atoms with Gasteiger partial charge >= 0.3 is 0 Å². The van der Waals surface area contributed by atoms with E-state index in [1.165, 1.54) is 18.2 Å². The molecule has 2 aromatic carbocycles. The van der Waals surface area contributed by atoms with Gasteiger partial charge in [0.15, 0.2) is 6.61 Å². The van der Waals surface area contributed by atoms with E-state index >= 15 is 0 Å². The second-order valence-electron chi connectivity index (χ2n) is 5.27. The number of hydrogen-bond donors (Lipinski definition) is 1. The molecule has 0 radical (unpaired) electrons. The maximum absolute atomic E-state index is 13.0. The van der Waals surface area contributed by atoms with Gasteiger partial charge in [-0.1, -0.05) is 30.3 Å². The van der Waals surface area contributed by atoms with E-state index in [2.05, 4.69) is 26.3 Å². The molecule has 3 aromatic rings. The van der Waals surface area contributed by atoms with Crippen LogP contribution < -0.4 is 10.1 Å². The number of nitrogens with zero attached hydrogens (tertiary/aromatic N) is 2. The summed E-state index contributed by atoms with van der Waals surface area (Å²) >= 11 is 3.20. The molecule has 3 rings (SSSR count). The van der Waals surface area contributed by atoms with Crippen molar-refractivity contribution in [1.82, 2.24) is 9.78 Å². The van der Waals surface area contributed by atoms with Crippen LogP contribution in [0.5, 0.6) is 5.75 Å². The van der Waals surface area contributed by atoms with Gasteiger partial charge in [-0.3, -0.25) is 4.79 Å². The molecule has 0 saturated heterocycles. The van der Waals surface area contributed by atoms with Crippen LogP contribution in [0.1, 0.15) is 5.56 Å². The predicted molar refractivity (Wildman–Crippen MR) is 96.0 cm³/mol. The van der Waals surface area contributed by atoms with Crippen molar-refractivity contribution in [1.29, 1.82) is 0 Å². The highest BCUT2D eigenvalue weighted by Gasteiger charge is 2.10. The fourth-order valence-corrected chi connectivity index (χ4v) is 2.70. The van der Waals surface area contributed by atoms with Crippen molar-refractivity contribution in [3.05, 3.63) is 76.6 Å². The second-order valence-corrected chi connectivity index (χ2v) is 6.13. The van der Waals surface area contributed by atoms with E-state index in [-0.39, 0.29) is 18.3 Å². The van der Waals surface area contributed by atoms with Gasteiger partial charge in [-0.25, -0.2) is 9.07 Å². The standard InChI is InChI=1S/C18H15BrFN3O2/c19-15-10-14(20)6-7-16(15)25-12-18(24)22-17-8-9-21-23(17)11-13-4-2-1-3-5-13/h1-10H,11-12H2,(H,22,24). The van der Waals surface area contributed by atoms with Crippen molar-refractivity contribution in [3.63, 3.8) is 0 Å². The maximum atomic E-state index is 13.0. The van der Waals surface area contributed by atoms with Crippen LogP contribution in [0.4, 0.5) is 10.2 Å². The van der Waals surface area contributed by atoms with Crippen LogP contribution in [-0.2, 0) is 11.3 Å². The summed E-state index contributed by atoms with van der Waals surface area (Å²) in [6.07, 6.45) is 1.62. The lowest BCUT2D eigenvalue weighted by atomic mass is 10.2. The first-order valence-corrected chi connectivity index (χ1v) is 8.34. The minimum Gasteiger partial charge on any atom is -0.483 e. The first-order chi connectivity index (χ1) is 12.1. The largest absolute Gasteiger partial charge is 0.483 e. The third-order valence-electron chi connectivity index (χ3n) is 3.41. The van der Waals surface area contributed by atoms with Crippen molar-refractivity contribution >= 4 is 27.7 Å². The van der Waals surface area contributed by atoms with E-state index in [4.69, 9.17) is 4.74 Å². The summed E-state index contributed by atoms with van der Waals surface area (Å²) in [6.45, 7) is 0.356. The molecule has 0 saturated carbocycles. The van der Waals surface area contributed by atoms with E-state index in [0.717, 1.165) is 5.56 Å². The van der Waals surface area contributed by atoms with Gasteiger partial charge in [0.2, 0.25) is 0 Å². The molecular formula is C18H15BrFN3O2. The summed E-state index contributed by atoms with van der Waals surface area (Å²) in [4.78, 5) is 12.1. The molecule has 0 aliphatic heterocycles. The lowest BCUT2D eigenvalue weighted by molar-refractivity contribution is -0.118. The topological polar surface area (TPSA) is 56.1 Å². The van der Waals surface area contributed by atoms with Crippen LogP contribution in [-0.4, -0.2) is 22.3 Å². The molecule has 1 aromatic heterocycles. The molecule has 0 aliphatic rings. The fraction of sp³-hybridized carbons (Fsp3) is 0.111. The third-order valence-corrected chi connectivity index (χ3v) is 4.03. The van der Waals surface area contributed by atoms with Crippen molar-refractivity contribution in [2.45, 2.75) is 6.54 Å². The van der Waals surface area contributed by atoms with Crippen molar-refractivity contribution in [2.75, 3.05) is 11.9 Å². The van der Waals surface area contributed by atoms with E-state index in [1.54, 1.807) is 16.9 Å². The molecule has 1 N–H and O–H groups in total. The van der Waals surface area contributed by atoms with Gasteiger partial charge < -0.3 is 10.1 Å². The van der Waals surface area contributed by atoms with Crippen LogP contribution in [0.3, 0.4) is 0 Å². The number of nitrogens with one attached hydrogen (secondary N) is 1. The Morgan fingerprint density at radius 2 is 2.00 bits per heavy atom. The molecule has 5 nitrogen and oxygen atoms in total. The average molecular weight is 404 g/mol. The number of carbonyl (C=O) groups is 1. The molecule has 0 unspecified atom stereocenters. The lowest BCUT2D eigenvalue weighted by Crippen LogP contribution is -2.22. The zero-order chi connectivity index (χ0) is 17.6. The minimum atomic E-state index is -0.381. The number of halogens is 2. The number of hydrogen-bond acceptors (Lipinski definition) is 3. The van der Waals surface area contributed by atoms with Gasteiger partial charge in [0.1, 0.15) is 17.4 Å². The number of aromatic nitrogens is 2. The smallest absolute Gasteiger partial charge is 0.263 e. The highest BCUT2D eigenvalue weighted by Crippen LogP contribution is 2.25. The van der Waals surface area contributed by atoms with E-state index < -0.39 is 0 Å². The maximum Gasteiger partial charge on any atom is 0.263 e. The molecule has 0 spiro atoms. The predicted octanol–water partition coefficient (Wildman–Crippen LogP) is 3.85. The fourth-order valence-electron chi connectivity index (χ4n) is 2.24. The summed E-state index contributed by atoms with van der Waals surface area (Å²) in [7, 11) is 0. The van der Waals surface area contributed by atoms with E-state index in [0.29, 0.717) is 22.6 Å². The molecule has 7 heteroatoms. The van der Waals surface area contributed by atoms with Gasteiger partial charge in [-0.05, 0) is 39.7 Å². The van der Waals surface area contributed by atoms with Crippen LogP contribution in [0.15, 0.2) is 65.3 Å². The lowest BCUT2D eigenvalue weighted by Gasteiger charge is -2.11. The van der Waals surface area contributed by atoms with Gasteiger partial charge in [-0.15, -0.1) is 0 Å². The van der Waals surface area contributed by atoms with E-state index in [1.807, 2.05) is 30.3 Å². The number of carbonyl (C=O) groups excluding carboxylic acids is 1.